The number of hydrogen-bond donors (Lipinski definition) is 0. The fraction of sp³-hybridized carbons (Fsp3) is 0.800. The second-order valence-electron chi connectivity index (χ2n) is 1.65. The fourth-order valence-corrected chi connectivity index (χ4v) is 0.387. The predicted octanol–water partition coefficient (Wildman–Crippen LogP) is 0.275. The summed E-state index contributed by atoms with van der Waals surface area (Å²) in [6.07, 6.45) is 4.31. The highest BCUT2D eigenvalue weighted by molar-refractivity contribution is 5.51. The maximum Gasteiger partial charge on any atom is 0.226 e. The Bertz CT molecular complexity index is 66.5. The molecule has 0 aromatic rings. The van der Waals surface area contributed by atoms with Crippen LogP contribution >= 0.6 is 0 Å². The van der Waals surface area contributed by atoms with Gasteiger partial charge in [-0.3, -0.25) is 4.79 Å². The van der Waals surface area contributed by atoms with E-state index in [2.05, 4.69) is 0 Å². The van der Waals surface area contributed by atoms with E-state index >= 15 is 0 Å². The molecule has 1 aliphatic rings. The Balaban J connectivity index is 1.88. The van der Waals surface area contributed by atoms with Crippen LogP contribution in [0.25, 0.3) is 0 Å². The molecule has 1 saturated carbocycles. The first kappa shape index (κ1) is 4.78. The lowest BCUT2D eigenvalue weighted by Crippen LogP contribution is -1.95. The molecule has 0 aromatic carbocycles. The van der Waals surface area contributed by atoms with Gasteiger partial charge in [-0.25, -0.2) is 0 Å². The summed E-state index contributed by atoms with van der Waals surface area (Å²) < 4.78 is 4.88. The van der Waals surface area contributed by atoms with Gasteiger partial charge in [0, 0.05) is 0 Å². The molecule has 39 valence electrons. The molecular formula is C5H7O2. The minimum atomic E-state index is 0.157. The van der Waals surface area contributed by atoms with E-state index < -0.39 is 0 Å². The van der Waals surface area contributed by atoms with Gasteiger partial charge in [-0.2, -0.15) is 0 Å². The Morgan fingerprint density at radius 3 is 2.86 bits per heavy atom. The molecule has 1 radical (unpaired) electrons. The standard InChI is InChI=1S/C5H7O2/c6-3-4-7-5-1-2-5/h5H,1-2,4H2. The monoisotopic (exact) mass is 99.0 g/mol. The van der Waals surface area contributed by atoms with Crippen molar-refractivity contribution >= 4 is 6.29 Å². The molecule has 0 amide bonds. The van der Waals surface area contributed by atoms with E-state index in [0.717, 1.165) is 12.8 Å². The van der Waals surface area contributed by atoms with Crippen LogP contribution in [0.15, 0.2) is 0 Å². The third kappa shape index (κ3) is 1.69. The van der Waals surface area contributed by atoms with E-state index in [4.69, 9.17) is 4.74 Å². The first-order valence-electron chi connectivity index (χ1n) is 2.40. The average Bonchev–Trinajstić information content (AvgIpc) is 2.42. The summed E-state index contributed by atoms with van der Waals surface area (Å²) in [6, 6.07) is 0. The molecule has 0 saturated heterocycles. The second kappa shape index (κ2) is 2.07. The molecule has 7 heavy (non-hydrogen) atoms. The van der Waals surface area contributed by atoms with Crippen LogP contribution < -0.4 is 0 Å². The van der Waals surface area contributed by atoms with Gasteiger partial charge in [0.1, 0.15) is 6.61 Å². The first-order valence-corrected chi connectivity index (χ1v) is 2.40. The van der Waals surface area contributed by atoms with Crippen LogP contribution in [0.4, 0.5) is 0 Å². The highest BCUT2D eigenvalue weighted by Crippen LogP contribution is 2.22. The average molecular weight is 99.1 g/mol. The Labute approximate surface area is 42.5 Å². The highest BCUT2D eigenvalue weighted by Gasteiger charge is 2.21. The lowest BCUT2D eigenvalue weighted by molar-refractivity contribution is 0.154. The molecule has 2 heteroatoms. The number of rotatable bonds is 3. The van der Waals surface area contributed by atoms with Gasteiger partial charge in [0.05, 0.1) is 6.10 Å². The van der Waals surface area contributed by atoms with E-state index in [0.29, 0.717) is 6.10 Å². The fourth-order valence-electron chi connectivity index (χ4n) is 0.387. The smallest absolute Gasteiger partial charge is 0.226 e. The zero-order valence-corrected chi connectivity index (χ0v) is 4.02. The van der Waals surface area contributed by atoms with E-state index in [1.807, 2.05) is 0 Å². The molecular weight excluding hydrogens is 92.1 g/mol. The third-order valence-electron chi connectivity index (χ3n) is 0.902. The van der Waals surface area contributed by atoms with Crippen molar-refractivity contribution in [2.75, 3.05) is 6.61 Å². The SMILES string of the molecule is O=[C]COC1CC1. The molecule has 0 atom stereocenters. The van der Waals surface area contributed by atoms with Crippen molar-refractivity contribution in [3.63, 3.8) is 0 Å². The highest BCUT2D eigenvalue weighted by atomic mass is 16.5. The van der Waals surface area contributed by atoms with E-state index in [9.17, 15) is 4.79 Å². The van der Waals surface area contributed by atoms with Crippen molar-refractivity contribution in [2.45, 2.75) is 18.9 Å². The molecule has 0 spiro atoms. The Kier molecular flexibility index (Phi) is 1.42. The Hall–Kier alpha value is -0.370. The van der Waals surface area contributed by atoms with Gasteiger partial charge >= 0.3 is 0 Å². The van der Waals surface area contributed by atoms with Crippen molar-refractivity contribution < 1.29 is 9.53 Å². The van der Waals surface area contributed by atoms with Crippen molar-refractivity contribution in [2.24, 2.45) is 0 Å². The molecule has 1 rings (SSSR count). The maximum absolute atomic E-state index is 9.49. The van der Waals surface area contributed by atoms with Crippen LogP contribution in [0.5, 0.6) is 0 Å². The van der Waals surface area contributed by atoms with Gasteiger partial charge in [-0.05, 0) is 12.8 Å². The molecule has 0 N–H and O–H groups in total. The van der Waals surface area contributed by atoms with Gasteiger partial charge < -0.3 is 4.74 Å². The minimum Gasteiger partial charge on any atom is -0.370 e. The largest absolute Gasteiger partial charge is 0.370 e. The third-order valence-corrected chi connectivity index (χ3v) is 0.902. The molecule has 1 aliphatic carbocycles. The van der Waals surface area contributed by atoms with Gasteiger partial charge in [0.2, 0.25) is 6.29 Å². The molecule has 1 fully saturated rings. The summed E-state index contributed by atoms with van der Waals surface area (Å²) in [5, 5.41) is 0. The van der Waals surface area contributed by atoms with Gasteiger partial charge in [-0.1, -0.05) is 0 Å². The Morgan fingerprint density at radius 2 is 2.43 bits per heavy atom. The van der Waals surface area contributed by atoms with Crippen LogP contribution in [-0.4, -0.2) is 19.0 Å². The van der Waals surface area contributed by atoms with E-state index in [-0.39, 0.29) is 6.61 Å². The molecule has 2 nitrogen and oxygen atoms in total. The van der Waals surface area contributed by atoms with Crippen LogP contribution in [-0.2, 0) is 9.53 Å². The minimum absolute atomic E-state index is 0.157. The van der Waals surface area contributed by atoms with Gasteiger partial charge in [-0.15, -0.1) is 0 Å². The summed E-state index contributed by atoms with van der Waals surface area (Å²) in [4.78, 5) is 9.49. The Morgan fingerprint density at radius 1 is 1.71 bits per heavy atom. The second-order valence-corrected chi connectivity index (χ2v) is 1.65. The number of carbonyl (C=O) groups excluding carboxylic acids is 1. The van der Waals surface area contributed by atoms with E-state index in [1.54, 1.807) is 6.29 Å². The predicted molar refractivity (Wildman–Crippen MR) is 24.7 cm³/mol. The van der Waals surface area contributed by atoms with Crippen molar-refractivity contribution in [3.8, 4) is 0 Å². The van der Waals surface area contributed by atoms with Crippen molar-refractivity contribution in [1.29, 1.82) is 0 Å². The van der Waals surface area contributed by atoms with Crippen molar-refractivity contribution in [1.82, 2.24) is 0 Å². The maximum atomic E-state index is 9.49. The zero-order valence-electron chi connectivity index (χ0n) is 4.02. The van der Waals surface area contributed by atoms with Crippen molar-refractivity contribution in [3.05, 3.63) is 0 Å². The molecule has 0 heterocycles. The lowest BCUT2D eigenvalue weighted by atomic mass is 10.8. The summed E-state index contributed by atoms with van der Waals surface area (Å²) in [5.74, 6) is 0. The molecule has 0 unspecified atom stereocenters. The molecule has 0 bridgehead atoms. The quantitative estimate of drug-likeness (QED) is 0.507. The zero-order chi connectivity index (χ0) is 5.11. The lowest BCUT2D eigenvalue weighted by Gasteiger charge is -1.88. The first-order chi connectivity index (χ1) is 3.43. The summed E-state index contributed by atoms with van der Waals surface area (Å²) in [6.45, 7) is 0.157. The number of hydrogen-bond acceptors (Lipinski definition) is 2. The normalized spacial score (nSPS) is 19.4. The van der Waals surface area contributed by atoms with E-state index in [1.165, 1.54) is 0 Å². The van der Waals surface area contributed by atoms with Gasteiger partial charge in [0.25, 0.3) is 0 Å². The summed E-state index contributed by atoms with van der Waals surface area (Å²) in [5.41, 5.74) is 0. The van der Waals surface area contributed by atoms with Crippen LogP contribution in [0.1, 0.15) is 12.8 Å². The summed E-state index contributed by atoms with van der Waals surface area (Å²) in [7, 11) is 0. The number of ether oxygens (including phenoxy) is 1. The topological polar surface area (TPSA) is 26.3 Å². The van der Waals surface area contributed by atoms with Crippen LogP contribution in [0.3, 0.4) is 0 Å². The van der Waals surface area contributed by atoms with Gasteiger partial charge in [0.15, 0.2) is 0 Å². The molecule has 0 aromatic heterocycles. The molecule has 0 aliphatic heterocycles. The van der Waals surface area contributed by atoms with Crippen LogP contribution in [0.2, 0.25) is 0 Å². The summed E-state index contributed by atoms with van der Waals surface area (Å²) >= 11 is 0. The van der Waals surface area contributed by atoms with Crippen LogP contribution in [0, 0.1) is 0 Å².